The first-order chi connectivity index (χ1) is 7.83. The van der Waals surface area contributed by atoms with E-state index in [1.54, 1.807) is 13.8 Å². The number of aromatic nitrogens is 2. The van der Waals surface area contributed by atoms with Gasteiger partial charge in [0.25, 0.3) is 5.91 Å². The van der Waals surface area contributed by atoms with Crippen molar-refractivity contribution in [1.29, 1.82) is 0 Å². The molecule has 7 nitrogen and oxygen atoms in total. The fourth-order valence-electron chi connectivity index (χ4n) is 0.945. The predicted octanol–water partition coefficient (Wildman–Crippen LogP) is 0.0982. The van der Waals surface area contributed by atoms with Crippen LogP contribution in [-0.4, -0.2) is 33.7 Å². The fraction of sp³-hybridized carbons (Fsp3) is 0.400. The molecule has 0 saturated heterocycles. The van der Waals surface area contributed by atoms with Crippen molar-refractivity contribution in [3.8, 4) is 0 Å². The van der Waals surface area contributed by atoms with Crippen molar-refractivity contribution in [1.82, 2.24) is 10.2 Å². The second-order valence-electron chi connectivity index (χ2n) is 4.21. The summed E-state index contributed by atoms with van der Waals surface area (Å²) < 4.78 is 0. The summed E-state index contributed by atoms with van der Waals surface area (Å²) in [5.74, 6) is -1.18. The lowest BCUT2D eigenvalue weighted by molar-refractivity contribution is -0.146. The Balaban J connectivity index is 2.65. The van der Waals surface area contributed by atoms with Crippen LogP contribution in [0.2, 0.25) is 0 Å². The Labute approximate surface area is 98.0 Å². The van der Waals surface area contributed by atoms with Gasteiger partial charge in [-0.3, -0.25) is 9.59 Å². The highest BCUT2D eigenvalue weighted by Crippen LogP contribution is 2.15. The number of nitrogens with two attached hydrogens (primary N) is 1. The molecule has 0 fully saturated rings. The first-order valence-corrected chi connectivity index (χ1v) is 4.94. The van der Waals surface area contributed by atoms with Crippen molar-refractivity contribution in [3.63, 3.8) is 0 Å². The van der Waals surface area contributed by atoms with E-state index in [0.717, 1.165) is 0 Å². The van der Waals surface area contributed by atoms with E-state index in [9.17, 15) is 9.59 Å². The highest BCUT2D eigenvalue weighted by molar-refractivity contribution is 5.90. The maximum absolute atomic E-state index is 10.8. The van der Waals surface area contributed by atoms with Crippen molar-refractivity contribution < 1.29 is 14.7 Å². The molecule has 0 aliphatic heterocycles. The number of primary amides is 1. The molecule has 0 aromatic carbocycles. The molecule has 7 heteroatoms. The molecule has 1 aromatic rings. The number of anilines is 1. The average molecular weight is 238 g/mol. The topological polar surface area (TPSA) is 118 Å². The average Bonchev–Trinajstić information content (AvgIpc) is 2.27. The van der Waals surface area contributed by atoms with Crippen LogP contribution in [0, 0.1) is 5.41 Å². The van der Waals surface area contributed by atoms with Gasteiger partial charge in [0, 0.05) is 6.54 Å². The van der Waals surface area contributed by atoms with Gasteiger partial charge in [-0.2, -0.15) is 0 Å². The molecular weight excluding hydrogens is 224 g/mol. The number of carbonyl (C=O) groups excluding carboxylic acids is 1. The number of hydrogen-bond donors (Lipinski definition) is 3. The van der Waals surface area contributed by atoms with Crippen molar-refractivity contribution in [2.75, 3.05) is 11.9 Å². The maximum Gasteiger partial charge on any atom is 0.310 e. The van der Waals surface area contributed by atoms with E-state index in [4.69, 9.17) is 10.8 Å². The van der Waals surface area contributed by atoms with E-state index in [-0.39, 0.29) is 12.2 Å². The van der Waals surface area contributed by atoms with E-state index in [1.165, 1.54) is 12.1 Å². The first kappa shape index (κ1) is 12.9. The predicted molar refractivity (Wildman–Crippen MR) is 60.5 cm³/mol. The minimum absolute atomic E-state index is 0.0630. The molecule has 1 rings (SSSR count). The second-order valence-corrected chi connectivity index (χ2v) is 4.21. The molecule has 0 unspecified atom stereocenters. The van der Waals surface area contributed by atoms with Gasteiger partial charge in [-0.1, -0.05) is 0 Å². The number of aliphatic carboxylic acids is 1. The molecule has 0 atom stereocenters. The molecule has 0 aliphatic carbocycles. The van der Waals surface area contributed by atoms with Gasteiger partial charge < -0.3 is 16.2 Å². The Morgan fingerprint density at radius 3 is 2.47 bits per heavy atom. The summed E-state index contributed by atoms with van der Waals surface area (Å²) in [6, 6.07) is 2.94. The van der Waals surface area contributed by atoms with Gasteiger partial charge in [0.05, 0.1) is 5.41 Å². The highest BCUT2D eigenvalue weighted by Gasteiger charge is 2.26. The van der Waals surface area contributed by atoms with E-state index in [2.05, 4.69) is 15.5 Å². The van der Waals surface area contributed by atoms with Crippen LogP contribution in [0.4, 0.5) is 5.82 Å². The Hall–Kier alpha value is -2.18. The Morgan fingerprint density at radius 1 is 1.41 bits per heavy atom. The number of rotatable bonds is 5. The van der Waals surface area contributed by atoms with Gasteiger partial charge in [0.1, 0.15) is 5.82 Å². The zero-order valence-corrected chi connectivity index (χ0v) is 9.60. The molecule has 0 bridgehead atoms. The molecule has 1 amide bonds. The minimum atomic E-state index is -0.913. The Bertz CT molecular complexity index is 428. The molecule has 0 aliphatic rings. The summed E-state index contributed by atoms with van der Waals surface area (Å²) in [7, 11) is 0. The van der Waals surface area contributed by atoms with Crippen molar-refractivity contribution in [2.24, 2.45) is 11.1 Å². The normalized spacial score (nSPS) is 10.9. The van der Waals surface area contributed by atoms with Crippen LogP contribution in [0.1, 0.15) is 24.3 Å². The summed E-state index contributed by atoms with van der Waals surface area (Å²) in [6.07, 6.45) is 0. The molecule has 0 spiro atoms. The van der Waals surface area contributed by atoms with Crippen LogP contribution in [0.3, 0.4) is 0 Å². The van der Waals surface area contributed by atoms with Crippen LogP contribution in [0.15, 0.2) is 12.1 Å². The summed E-state index contributed by atoms with van der Waals surface area (Å²) in [5.41, 5.74) is 4.16. The standard InChI is InChI=1S/C10H14N4O3/c1-10(2,9(16)17)5-12-7-4-3-6(8(11)15)13-14-7/h3-4H,5H2,1-2H3,(H2,11,15)(H,12,14)(H,16,17). The van der Waals surface area contributed by atoms with Crippen molar-refractivity contribution in [2.45, 2.75) is 13.8 Å². The second kappa shape index (κ2) is 4.77. The summed E-state index contributed by atoms with van der Waals surface area (Å²) >= 11 is 0. The van der Waals surface area contributed by atoms with Crippen molar-refractivity contribution in [3.05, 3.63) is 17.8 Å². The highest BCUT2D eigenvalue weighted by atomic mass is 16.4. The molecule has 0 saturated carbocycles. The molecule has 17 heavy (non-hydrogen) atoms. The van der Waals surface area contributed by atoms with E-state index in [0.29, 0.717) is 5.82 Å². The van der Waals surface area contributed by atoms with E-state index >= 15 is 0 Å². The third kappa shape index (κ3) is 3.40. The molecule has 4 N–H and O–H groups in total. The fourth-order valence-corrected chi connectivity index (χ4v) is 0.945. The molecule has 92 valence electrons. The van der Waals surface area contributed by atoms with Gasteiger partial charge in [0.15, 0.2) is 5.69 Å². The van der Waals surface area contributed by atoms with Gasteiger partial charge in [-0.15, -0.1) is 10.2 Å². The van der Waals surface area contributed by atoms with E-state index in [1.807, 2.05) is 0 Å². The third-order valence-corrected chi connectivity index (χ3v) is 2.21. The minimum Gasteiger partial charge on any atom is -0.481 e. The quantitative estimate of drug-likeness (QED) is 0.669. The molecule has 1 aromatic heterocycles. The Kier molecular flexibility index (Phi) is 3.62. The zero-order chi connectivity index (χ0) is 13.1. The number of carboxylic acid groups (broad SMARTS) is 1. The summed E-state index contributed by atoms with van der Waals surface area (Å²) in [4.78, 5) is 21.6. The lowest BCUT2D eigenvalue weighted by Gasteiger charge is -2.19. The van der Waals surface area contributed by atoms with Crippen LogP contribution in [0.25, 0.3) is 0 Å². The SMILES string of the molecule is CC(C)(CNc1ccc(C(N)=O)nn1)C(=O)O. The zero-order valence-electron chi connectivity index (χ0n) is 9.60. The third-order valence-electron chi connectivity index (χ3n) is 2.21. The smallest absolute Gasteiger partial charge is 0.310 e. The Morgan fingerprint density at radius 2 is 2.06 bits per heavy atom. The summed E-state index contributed by atoms with van der Waals surface area (Å²) in [6.45, 7) is 3.38. The lowest BCUT2D eigenvalue weighted by atomic mass is 9.94. The summed E-state index contributed by atoms with van der Waals surface area (Å²) in [5, 5.41) is 19.0. The van der Waals surface area contributed by atoms with Crippen molar-refractivity contribution >= 4 is 17.7 Å². The molecule has 1 heterocycles. The van der Waals surface area contributed by atoms with Crippen LogP contribution >= 0.6 is 0 Å². The number of nitrogens with one attached hydrogen (secondary N) is 1. The first-order valence-electron chi connectivity index (χ1n) is 4.94. The largest absolute Gasteiger partial charge is 0.481 e. The van der Waals surface area contributed by atoms with Crippen LogP contribution in [0.5, 0.6) is 0 Å². The van der Waals surface area contributed by atoms with Crippen LogP contribution < -0.4 is 11.1 Å². The van der Waals surface area contributed by atoms with Gasteiger partial charge in [-0.05, 0) is 26.0 Å². The molecular formula is C10H14N4O3. The number of nitrogens with zero attached hydrogens (tertiary/aromatic N) is 2. The van der Waals surface area contributed by atoms with Gasteiger partial charge in [0.2, 0.25) is 0 Å². The number of hydrogen-bond acceptors (Lipinski definition) is 5. The van der Waals surface area contributed by atoms with Crippen LogP contribution in [-0.2, 0) is 4.79 Å². The lowest BCUT2D eigenvalue weighted by Crippen LogP contribution is -2.32. The number of carboxylic acids is 1. The number of amides is 1. The van der Waals surface area contributed by atoms with Gasteiger partial charge in [-0.25, -0.2) is 0 Å². The van der Waals surface area contributed by atoms with Gasteiger partial charge >= 0.3 is 5.97 Å². The molecule has 0 radical (unpaired) electrons. The monoisotopic (exact) mass is 238 g/mol. The maximum atomic E-state index is 10.8. The number of carbonyl (C=O) groups is 2. The van der Waals surface area contributed by atoms with E-state index < -0.39 is 17.3 Å².